The fourth-order valence-corrected chi connectivity index (χ4v) is 3.91. The first-order chi connectivity index (χ1) is 14.8. The van der Waals surface area contributed by atoms with Crippen LogP contribution in [0.4, 0.5) is 0 Å². The molecule has 0 saturated carbocycles. The van der Waals surface area contributed by atoms with Gasteiger partial charge in [-0.3, -0.25) is 4.90 Å². The number of hydrogen-bond donors (Lipinski definition) is 1. The minimum Gasteiger partial charge on any atom is -0.492 e. The Kier molecular flexibility index (Phi) is 9.73. The fourth-order valence-electron chi connectivity index (χ4n) is 3.91. The molecular weight excluding hydrogens is 380 g/mol. The second-order valence-corrected chi connectivity index (χ2v) is 7.76. The number of likely N-dealkylation sites (tertiary alicyclic amines) is 1. The van der Waals surface area contributed by atoms with Crippen molar-refractivity contribution in [1.29, 1.82) is 0 Å². The molecule has 1 aromatic carbocycles. The zero-order chi connectivity index (χ0) is 21.0. The minimum atomic E-state index is 0.389. The summed E-state index contributed by atoms with van der Waals surface area (Å²) in [5.41, 5.74) is 1.17. The first-order valence-corrected chi connectivity index (χ1v) is 11.4. The standard InChI is InChI=1S/C23H38N4O3/c1-3-24-23(27-10-8-21(9-11-27)29-4-2)25-19-20-6-5-7-22(18-20)30-17-14-26-12-15-28-16-13-26/h5-7,18,21H,3-4,8-17,19H2,1-2H3,(H,24,25). The van der Waals surface area contributed by atoms with E-state index in [0.717, 1.165) is 83.6 Å². The van der Waals surface area contributed by atoms with Crippen molar-refractivity contribution in [3.63, 3.8) is 0 Å². The average Bonchev–Trinajstić information content (AvgIpc) is 2.78. The molecule has 0 radical (unpaired) electrons. The first-order valence-electron chi connectivity index (χ1n) is 11.4. The molecule has 0 spiro atoms. The molecule has 0 aliphatic carbocycles. The topological polar surface area (TPSA) is 58.6 Å². The Morgan fingerprint density at radius 3 is 2.70 bits per heavy atom. The molecule has 0 aromatic heterocycles. The lowest BCUT2D eigenvalue weighted by Gasteiger charge is -2.34. The molecule has 168 valence electrons. The highest BCUT2D eigenvalue weighted by Gasteiger charge is 2.21. The highest BCUT2D eigenvalue weighted by atomic mass is 16.5. The molecule has 2 saturated heterocycles. The molecule has 0 unspecified atom stereocenters. The van der Waals surface area contributed by atoms with Gasteiger partial charge in [-0.2, -0.15) is 0 Å². The third-order valence-electron chi connectivity index (χ3n) is 5.57. The molecule has 3 rings (SSSR count). The van der Waals surface area contributed by atoms with Crippen molar-refractivity contribution in [2.24, 2.45) is 4.99 Å². The summed E-state index contributed by atoms with van der Waals surface area (Å²) in [7, 11) is 0. The van der Waals surface area contributed by atoms with Crippen LogP contribution in [0, 0.1) is 0 Å². The molecule has 1 aromatic rings. The number of guanidine groups is 1. The summed E-state index contributed by atoms with van der Waals surface area (Å²) in [5.74, 6) is 1.91. The van der Waals surface area contributed by atoms with E-state index in [1.807, 2.05) is 6.07 Å². The van der Waals surface area contributed by atoms with Crippen molar-refractivity contribution < 1.29 is 14.2 Å². The number of aliphatic imine (C=N–C) groups is 1. The van der Waals surface area contributed by atoms with Gasteiger partial charge in [0.05, 0.1) is 25.9 Å². The number of rotatable bonds is 9. The average molecular weight is 419 g/mol. The van der Waals surface area contributed by atoms with Crippen LogP contribution in [0.3, 0.4) is 0 Å². The normalized spacial score (nSPS) is 19.1. The van der Waals surface area contributed by atoms with E-state index in [-0.39, 0.29) is 0 Å². The van der Waals surface area contributed by atoms with Gasteiger partial charge in [-0.1, -0.05) is 12.1 Å². The summed E-state index contributed by atoms with van der Waals surface area (Å²) in [6, 6.07) is 8.29. The summed E-state index contributed by atoms with van der Waals surface area (Å²) in [4.78, 5) is 9.62. The number of benzene rings is 1. The number of nitrogens with one attached hydrogen (secondary N) is 1. The molecular formula is C23H38N4O3. The van der Waals surface area contributed by atoms with Crippen LogP contribution in [0.5, 0.6) is 5.75 Å². The molecule has 0 bridgehead atoms. The van der Waals surface area contributed by atoms with Crippen LogP contribution in [0.25, 0.3) is 0 Å². The third kappa shape index (κ3) is 7.45. The molecule has 2 heterocycles. The number of piperidine rings is 1. The number of hydrogen-bond acceptors (Lipinski definition) is 5. The fraction of sp³-hybridized carbons (Fsp3) is 0.696. The van der Waals surface area contributed by atoms with E-state index in [2.05, 4.69) is 47.2 Å². The first kappa shape index (κ1) is 22.8. The molecule has 7 nitrogen and oxygen atoms in total. The van der Waals surface area contributed by atoms with Gasteiger partial charge in [-0.05, 0) is 44.4 Å². The van der Waals surface area contributed by atoms with E-state index in [9.17, 15) is 0 Å². The van der Waals surface area contributed by atoms with Gasteiger partial charge in [0.2, 0.25) is 0 Å². The van der Waals surface area contributed by atoms with Gasteiger partial charge in [0.15, 0.2) is 5.96 Å². The van der Waals surface area contributed by atoms with Gasteiger partial charge in [-0.15, -0.1) is 0 Å². The lowest BCUT2D eigenvalue weighted by atomic mass is 10.1. The van der Waals surface area contributed by atoms with Gasteiger partial charge >= 0.3 is 0 Å². The zero-order valence-corrected chi connectivity index (χ0v) is 18.6. The van der Waals surface area contributed by atoms with Gasteiger partial charge in [0.1, 0.15) is 12.4 Å². The van der Waals surface area contributed by atoms with E-state index >= 15 is 0 Å². The molecule has 0 amide bonds. The number of morpholine rings is 1. The van der Waals surface area contributed by atoms with Gasteiger partial charge in [0, 0.05) is 45.9 Å². The van der Waals surface area contributed by atoms with Crippen LogP contribution in [0.1, 0.15) is 32.3 Å². The summed E-state index contributed by atoms with van der Waals surface area (Å²) in [6.07, 6.45) is 2.51. The monoisotopic (exact) mass is 418 g/mol. The molecule has 2 fully saturated rings. The minimum absolute atomic E-state index is 0.389. The maximum absolute atomic E-state index is 5.98. The molecule has 30 heavy (non-hydrogen) atoms. The molecule has 2 aliphatic heterocycles. The number of nitrogens with zero attached hydrogens (tertiary/aromatic N) is 3. The number of ether oxygens (including phenoxy) is 3. The predicted octanol–water partition coefficient (Wildman–Crippen LogP) is 2.36. The van der Waals surface area contributed by atoms with Crippen molar-refractivity contribution in [1.82, 2.24) is 15.1 Å². The largest absolute Gasteiger partial charge is 0.492 e. The van der Waals surface area contributed by atoms with Crippen molar-refractivity contribution in [2.75, 3.05) is 65.7 Å². The van der Waals surface area contributed by atoms with E-state index < -0.39 is 0 Å². The van der Waals surface area contributed by atoms with E-state index in [1.165, 1.54) is 5.56 Å². The van der Waals surface area contributed by atoms with E-state index in [4.69, 9.17) is 19.2 Å². The van der Waals surface area contributed by atoms with Crippen molar-refractivity contribution in [3.8, 4) is 5.75 Å². The van der Waals surface area contributed by atoms with Crippen LogP contribution in [0.15, 0.2) is 29.3 Å². The Morgan fingerprint density at radius 2 is 1.97 bits per heavy atom. The van der Waals surface area contributed by atoms with E-state index in [0.29, 0.717) is 19.3 Å². The summed E-state index contributed by atoms with van der Waals surface area (Å²) >= 11 is 0. The van der Waals surface area contributed by atoms with Crippen molar-refractivity contribution in [2.45, 2.75) is 39.3 Å². The zero-order valence-electron chi connectivity index (χ0n) is 18.6. The second-order valence-electron chi connectivity index (χ2n) is 7.76. The lowest BCUT2D eigenvalue weighted by Crippen LogP contribution is -2.47. The molecule has 0 atom stereocenters. The smallest absolute Gasteiger partial charge is 0.194 e. The SMILES string of the molecule is CCNC(=NCc1cccc(OCCN2CCOCC2)c1)N1CCC(OCC)CC1. The third-order valence-corrected chi connectivity index (χ3v) is 5.57. The van der Waals surface area contributed by atoms with Crippen LogP contribution < -0.4 is 10.1 Å². The predicted molar refractivity (Wildman–Crippen MR) is 120 cm³/mol. The highest BCUT2D eigenvalue weighted by molar-refractivity contribution is 5.80. The van der Waals surface area contributed by atoms with Gasteiger partial charge in [-0.25, -0.2) is 4.99 Å². The summed E-state index contributed by atoms with van der Waals surface area (Å²) in [6.45, 7) is 13.7. The van der Waals surface area contributed by atoms with Crippen LogP contribution in [-0.4, -0.2) is 87.6 Å². The Labute approximate surface area is 181 Å². The van der Waals surface area contributed by atoms with Crippen molar-refractivity contribution in [3.05, 3.63) is 29.8 Å². The lowest BCUT2D eigenvalue weighted by molar-refractivity contribution is 0.0263. The molecule has 1 N–H and O–H groups in total. The Bertz CT molecular complexity index is 641. The summed E-state index contributed by atoms with van der Waals surface area (Å²) < 4.78 is 17.2. The molecule has 7 heteroatoms. The quantitative estimate of drug-likeness (QED) is 0.491. The highest BCUT2D eigenvalue weighted by Crippen LogP contribution is 2.16. The van der Waals surface area contributed by atoms with Gasteiger partial charge < -0.3 is 24.4 Å². The maximum atomic E-state index is 5.98. The van der Waals surface area contributed by atoms with Crippen LogP contribution in [-0.2, 0) is 16.0 Å². The maximum Gasteiger partial charge on any atom is 0.194 e. The van der Waals surface area contributed by atoms with Crippen LogP contribution >= 0.6 is 0 Å². The Balaban J connectivity index is 1.49. The van der Waals surface area contributed by atoms with Crippen molar-refractivity contribution >= 4 is 5.96 Å². The second kappa shape index (κ2) is 12.8. The van der Waals surface area contributed by atoms with Gasteiger partial charge in [0.25, 0.3) is 0 Å². The van der Waals surface area contributed by atoms with Crippen LogP contribution in [0.2, 0.25) is 0 Å². The summed E-state index contributed by atoms with van der Waals surface area (Å²) in [5, 5.41) is 3.44. The molecule has 2 aliphatic rings. The Hall–Kier alpha value is -1.83. The van der Waals surface area contributed by atoms with E-state index in [1.54, 1.807) is 0 Å². The Morgan fingerprint density at radius 1 is 1.17 bits per heavy atom.